The van der Waals surface area contributed by atoms with Crippen LogP contribution in [0.5, 0.6) is 0 Å². The Morgan fingerprint density at radius 1 is 1.05 bits per heavy atom. The van der Waals surface area contributed by atoms with Crippen LogP contribution < -0.4 is 5.32 Å². The SMILES string of the molecule is OCC(NC/C=C/c1ccc(F)cc1)c1ccccc1. The van der Waals surface area contributed by atoms with Crippen molar-refractivity contribution in [3.8, 4) is 0 Å². The van der Waals surface area contributed by atoms with Gasteiger partial charge in [0, 0.05) is 6.54 Å². The van der Waals surface area contributed by atoms with Crippen LogP contribution in [0, 0.1) is 5.82 Å². The van der Waals surface area contributed by atoms with Gasteiger partial charge in [-0.25, -0.2) is 4.39 Å². The molecule has 2 nitrogen and oxygen atoms in total. The summed E-state index contributed by atoms with van der Waals surface area (Å²) in [4.78, 5) is 0. The van der Waals surface area contributed by atoms with E-state index in [1.807, 2.05) is 42.5 Å². The Balaban J connectivity index is 1.86. The van der Waals surface area contributed by atoms with Crippen molar-refractivity contribution >= 4 is 6.08 Å². The van der Waals surface area contributed by atoms with Crippen molar-refractivity contribution in [1.82, 2.24) is 5.32 Å². The Kier molecular flexibility index (Phi) is 5.47. The molecule has 104 valence electrons. The molecule has 0 heterocycles. The van der Waals surface area contributed by atoms with Gasteiger partial charge < -0.3 is 10.4 Å². The summed E-state index contributed by atoms with van der Waals surface area (Å²) in [6.45, 7) is 0.686. The molecule has 1 atom stereocenters. The van der Waals surface area contributed by atoms with Crippen LogP contribution in [-0.2, 0) is 0 Å². The van der Waals surface area contributed by atoms with Crippen molar-refractivity contribution in [1.29, 1.82) is 0 Å². The van der Waals surface area contributed by atoms with Gasteiger partial charge in [0.15, 0.2) is 0 Å². The van der Waals surface area contributed by atoms with Gasteiger partial charge >= 0.3 is 0 Å². The molecule has 0 fully saturated rings. The smallest absolute Gasteiger partial charge is 0.123 e. The molecule has 0 saturated carbocycles. The monoisotopic (exact) mass is 271 g/mol. The third-order valence-electron chi connectivity index (χ3n) is 3.05. The third-order valence-corrected chi connectivity index (χ3v) is 3.05. The number of benzene rings is 2. The molecule has 0 aliphatic heterocycles. The molecule has 0 aliphatic rings. The van der Waals surface area contributed by atoms with Crippen LogP contribution in [0.25, 0.3) is 6.08 Å². The Morgan fingerprint density at radius 3 is 2.40 bits per heavy atom. The molecule has 2 N–H and O–H groups in total. The van der Waals surface area contributed by atoms with Gasteiger partial charge in [0.25, 0.3) is 0 Å². The first-order valence-corrected chi connectivity index (χ1v) is 6.61. The fourth-order valence-corrected chi connectivity index (χ4v) is 1.95. The number of nitrogens with one attached hydrogen (secondary N) is 1. The van der Waals surface area contributed by atoms with Gasteiger partial charge in [-0.1, -0.05) is 54.6 Å². The van der Waals surface area contributed by atoms with Crippen molar-refractivity contribution in [2.75, 3.05) is 13.2 Å². The molecule has 0 spiro atoms. The highest BCUT2D eigenvalue weighted by Gasteiger charge is 2.07. The van der Waals surface area contributed by atoms with Crippen LogP contribution in [0.15, 0.2) is 60.7 Å². The zero-order valence-electron chi connectivity index (χ0n) is 11.2. The predicted molar refractivity (Wildman–Crippen MR) is 79.7 cm³/mol. The number of aliphatic hydroxyl groups is 1. The van der Waals surface area contributed by atoms with E-state index in [0.717, 1.165) is 11.1 Å². The second-order valence-corrected chi connectivity index (χ2v) is 4.51. The first kappa shape index (κ1) is 14.4. The highest BCUT2D eigenvalue weighted by atomic mass is 19.1. The minimum absolute atomic E-state index is 0.0500. The van der Waals surface area contributed by atoms with Gasteiger partial charge in [0.05, 0.1) is 12.6 Å². The molecule has 2 aromatic rings. The molecule has 0 amide bonds. The van der Waals surface area contributed by atoms with Crippen LogP contribution >= 0.6 is 0 Å². The maximum absolute atomic E-state index is 12.8. The normalized spacial score (nSPS) is 12.7. The van der Waals surface area contributed by atoms with Crippen LogP contribution in [-0.4, -0.2) is 18.3 Å². The molecule has 0 bridgehead atoms. The predicted octanol–water partition coefficient (Wildman–Crippen LogP) is 3.16. The first-order valence-electron chi connectivity index (χ1n) is 6.61. The van der Waals surface area contributed by atoms with E-state index in [0.29, 0.717) is 6.54 Å². The fourth-order valence-electron chi connectivity index (χ4n) is 1.95. The lowest BCUT2D eigenvalue weighted by Gasteiger charge is -2.15. The lowest BCUT2D eigenvalue weighted by molar-refractivity contribution is 0.248. The van der Waals surface area contributed by atoms with Crippen LogP contribution in [0.3, 0.4) is 0 Å². The largest absolute Gasteiger partial charge is 0.394 e. The Bertz CT molecular complexity index is 537. The summed E-state index contributed by atoms with van der Waals surface area (Å²) in [5, 5.41) is 12.7. The molecule has 3 heteroatoms. The van der Waals surface area contributed by atoms with Crippen LogP contribution in [0.2, 0.25) is 0 Å². The summed E-state index contributed by atoms with van der Waals surface area (Å²) >= 11 is 0. The van der Waals surface area contributed by atoms with E-state index in [4.69, 9.17) is 0 Å². The second-order valence-electron chi connectivity index (χ2n) is 4.51. The summed E-state index contributed by atoms with van der Waals surface area (Å²) in [7, 11) is 0. The lowest BCUT2D eigenvalue weighted by Crippen LogP contribution is -2.24. The zero-order valence-corrected chi connectivity index (χ0v) is 11.2. The number of aliphatic hydroxyl groups excluding tert-OH is 1. The minimum atomic E-state index is -0.232. The van der Waals surface area contributed by atoms with E-state index < -0.39 is 0 Å². The Morgan fingerprint density at radius 2 is 1.75 bits per heavy atom. The average molecular weight is 271 g/mol. The van der Waals surface area contributed by atoms with E-state index in [9.17, 15) is 9.50 Å². The number of rotatable bonds is 6. The average Bonchev–Trinajstić information content (AvgIpc) is 2.50. The maximum atomic E-state index is 12.8. The molecule has 0 aromatic heterocycles. The van der Waals surface area contributed by atoms with E-state index in [2.05, 4.69) is 5.32 Å². The molecule has 0 saturated heterocycles. The summed E-state index contributed by atoms with van der Waals surface area (Å²) in [6, 6.07) is 16.1. The molecule has 0 radical (unpaired) electrons. The van der Waals surface area contributed by atoms with Gasteiger partial charge in [-0.15, -0.1) is 0 Å². The van der Waals surface area contributed by atoms with E-state index in [1.54, 1.807) is 12.1 Å². The van der Waals surface area contributed by atoms with E-state index >= 15 is 0 Å². The maximum Gasteiger partial charge on any atom is 0.123 e. The number of hydrogen-bond acceptors (Lipinski definition) is 2. The number of hydrogen-bond donors (Lipinski definition) is 2. The third kappa shape index (κ3) is 4.30. The molecular formula is C17H18FNO. The molecule has 2 aromatic carbocycles. The summed E-state index contributed by atoms with van der Waals surface area (Å²) in [5.41, 5.74) is 2.01. The van der Waals surface area contributed by atoms with Crippen LogP contribution in [0.1, 0.15) is 17.2 Å². The van der Waals surface area contributed by atoms with Crippen LogP contribution in [0.4, 0.5) is 4.39 Å². The minimum Gasteiger partial charge on any atom is -0.394 e. The Labute approximate surface area is 118 Å². The number of halogens is 1. The zero-order chi connectivity index (χ0) is 14.2. The topological polar surface area (TPSA) is 32.3 Å². The summed E-state index contributed by atoms with van der Waals surface area (Å²) < 4.78 is 12.8. The standard InChI is InChI=1S/C17H18FNO/c18-16-10-8-14(9-11-16)5-4-12-19-17(13-20)15-6-2-1-3-7-15/h1-11,17,19-20H,12-13H2/b5-4+. The van der Waals surface area contributed by atoms with Gasteiger partial charge in [0.1, 0.15) is 5.82 Å². The van der Waals surface area contributed by atoms with E-state index in [-0.39, 0.29) is 18.5 Å². The molecule has 20 heavy (non-hydrogen) atoms. The highest BCUT2D eigenvalue weighted by Crippen LogP contribution is 2.11. The highest BCUT2D eigenvalue weighted by molar-refractivity contribution is 5.48. The first-order chi connectivity index (χ1) is 9.79. The van der Waals surface area contributed by atoms with Crippen molar-refractivity contribution in [2.24, 2.45) is 0 Å². The Hall–Kier alpha value is -1.97. The second kappa shape index (κ2) is 7.58. The van der Waals surface area contributed by atoms with E-state index in [1.165, 1.54) is 12.1 Å². The summed E-state index contributed by atoms with van der Waals surface area (Å²) in [6.07, 6.45) is 3.88. The van der Waals surface area contributed by atoms with Crippen molar-refractivity contribution in [2.45, 2.75) is 6.04 Å². The molecular weight excluding hydrogens is 253 g/mol. The van der Waals surface area contributed by atoms with Crippen molar-refractivity contribution in [3.63, 3.8) is 0 Å². The molecule has 1 unspecified atom stereocenters. The van der Waals surface area contributed by atoms with Crippen molar-refractivity contribution < 1.29 is 9.50 Å². The van der Waals surface area contributed by atoms with Gasteiger partial charge in [-0.2, -0.15) is 0 Å². The quantitative estimate of drug-likeness (QED) is 0.846. The molecule has 2 rings (SSSR count). The van der Waals surface area contributed by atoms with Gasteiger partial charge in [-0.3, -0.25) is 0 Å². The summed E-state index contributed by atoms with van der Waals surface area (Å²) in [5.74, 6) is -0.232. The fraction of sp³-hybridized carbons (Fsp3) is 0.176. The van der Waals surface area contributed by atoms with Gasteiger partial charge in [-0.05, 0) is 23.3 Å². The molecule has 0 aliphatic carbocycles. The van der Waals surface area contributed by atoms with Crippen molar-refractivity contribution in [3.05, 3.63) is 77.6 Å². The van der Waals surface area contributed by atoms with Gasteiger partial charge in [0.2, 0.25) is 0 Å². The lowest BCUT2D eigenvalue weighted by atomic mass is 10.1.